The van der Waals surface area contributed by atoms with E-state index in [9.17, 15) is 10.1 Å². The van der Waals surface area contributed by atoms with Crippen LogP contribution in [-0.2, 0) is 13.1 Å². The molecule has 0 amide bonds. The largest absolute Gasteiger partial charge is 0.493 e. The van der Waals surface area contributed by atoms with Crippen LogP contribution >= 0.6 is 0 Å². The van der Waals surface area contributed by atoms with Crippen LogP contribution in [0.1, 0.15) is 36.8 Å². The van der Waals surface area contributed by atoms with Crippen molar-refractivity contribution >= 4 is 5.69 Å². The highest BCUT2D eigenvalue weighted by Crippen LogP contribution is 2.36. The van der Waals surface area contributed by atoms with Gasteiger partial charge in [-0.05, 0) is 49.4 Å². The van der Waals surface area contributed by atoms with Crippen LogP contribution in [0.25, 0.3) is 0 Å². The molecule has 1 aromatic carbocycles. The highest BCUT2D eigenvalue weighted by atomic mass is 16.6. The summed E-state index contributed by atoms with van der Waals surface area (Å²) < 4.78 is 10.6. The average Bonchev–Trinajstić information content (AvgIpc) is 2.74. The predicted octanol–water partition coefficient (Wildman–Crippen LogP) is 3.28. The van der Waals surface area contributed by atoms with Crippen LogP contribution in [0.3, 0.4) is 0 Å². The number of pyridine rings is 1. The molecule has 1 aliphatic carbocycles. The highest BCUT2D eigenvalue weighted by Gasteiger charge is 2.28. The number of hydrogen-bond acceptors (Lipinski definition) is 7. The second-order valence-corrected chi connectivity index (χ2v) is 7.42. The lowest BCUT2D eigenvalue weighted by atomic mass is 9.90. The molecular formula is C21H28N4O4. The molecule has 0 unspecified atom stereocenters. The Balaban J connectivity index is 1.93. The van der Waals surface area contributed by atoms with Crippen molar-refractivity contribution in [1.29, 1.82) is 0 Å². The molecule has 1 saturated carbocycles. The van der Waals surface area contributed by atoms with Gasteiger partial charge in [-0.1, -0.05) is 0 Å². The normalized spacial score (nSPS) is 19.2. The van der Waals surface area contributed by atoms with Gasteiger partial charge < -0.3 is 15.2 Å². The first-order valence-corrected chi connectivity index (χ1v) is 9.79. The first kappa shape index (κ1) is 21.0. The smallest absolute Gasteiger partial charge is 0.277 e. The molecule has 8 nitrogen and oxygen atoms in total. The molecular weight excluding hydrogens is 372 g/mol. The lowest BCUT2D eigenvalue weighted by Crippen LogP contribution is -2.40. The van der Waals surface area contributed by atoms with E-state index in [0.29, 0.717) is 36.2 Å². The molecule has 1 aromatic heterocycles. The molecule has 156 valence electrons. The molecule has 1 heterocycles. The van der Waals surface area contributed by atoms with Crippen LogP contribution in [0.4, 0.5) is 5.69 Å². The summed E-state index contributed by atoms with van der Waals surface area (Å²) in [5.74, 6) is 0.843. The first-order chi connectivity index (χ1) is 14.0. The summed E-state index contributed by atoms with van der Waals surface area (Å²) in [5.41, 5.74) is 7.86. The lowest BCUT2D eigenvalue weighted by molar-refractivity contribution is -0.385. The Hall–Kier alpha value is -2.71. The van der Waals surface area contributed by atoms with Gasteiger partial charge in [0.25, 0.3) is 5.69 Å². The third-order valence-electron chi connectivity index (χ3n) is 5.55. The van der Waals surface area contributed by atoms with Crippen molar-refractivity contribution in [2.45, 2.75) is 50.9 Å². The van der Waals surface area contributed by atoms with E-state index < -0.39 is 0 Å². The number of ether oxygens (including phenoxy) is 2. The van der Waals surface area contributed by atoms with E-state index in [1.165, 1.54) is 20.3 Å². The zero-order valence-electron chi connectivity index (χ0n) is 16.9. The number of nitrogens with two attached hydrogens (primary N) is 1. The molecule has 0 atom stereocenters. The average molecular weight is 400 g/mol. The maximum absolute atomic E-state index is 11.7. The van der Waals surface area contributed by atoms with E-state index in [2.05, 4.69) is 9.88 Å². The number of benzene rings is 1. The fourth-order valence-electron chi connectivity index (χ4n) is 3.93. The molecule has 29 heavy (non-hydrogen) atoms. The summed E-state index contributed by atoms with van der Waals surface area (Å²) in [4.78, 5) is 17.7. The van der Waals surface area contributed by atoms with Gasteiger partial charge >= 0.3 is 0 Å². The van der Waals surface area contributed by atoms with Crippen molar-refractivity contribution in [1.82, 2.24) is 9.88 Å². The maximum Gasteiger partial charge on any atom is 0.277 e. The number of aromatic nitrogens is 1. The van der Waals surface area contributed by atoms with Gasteiger partial charge in [0.15, 0.2) is 11.5 Å². The van der Waals surface area contributed by atoms with Crippen molar-refractivity contribution < 1.29 is 14.4 Å². The van der Waals surface area contributed by atoms with Crippen LogP contribution < -0.4 is 15.2 Å². The van der Waals surface area contributed by atoms with Gasteiger partial charge in [0.1, 0.15) is 0 Å². The minimum atomic E-state index is -0.362. The van der Waals surface area contributed by atoms with Crippen LogP contribution in [0.5, 0.6) is 11.5 Å². The number of hydrogen-bond donors (Lipinski definition) is 1. The van der Waals surface area contributed by atoms with Gasteiger partial charge in [0.2, 0.25) is 0 Å². The highest BCUT2D eigenvalue weighted by molar-refractivity contribution is 5.54. The van der Waals surface area contributed by atoms with Crippen molar-refractivity contribution in [3.63, 3.8) is 0 Å². The molecule has 0 aliphatic heterocycles. The molecule has 0 radical (unpaired) electrons. The van der Waals surface area contributed by atoms with Gasteiger partial charge in [-0.2, -0.15) is 0 Å². The number of nitrogens with zero attached hydrogens (tertiary/aromatic N) is 3. The van der Waals surface area contributed by atoms with Gasteiger partial charge in [0.05, 0.1) is 25.2 Å². The van der Waals surface area contributed by atoms with Gasteiger partial charge in [-0.25, -0.2) is 0 Å². The fourth-order valence-corrected chi connectivity index (χ4v) is 3.93. The Kier molecular flexibility index (Phi) is 7.00. The van der Waals surface area contributed by atoms with E-state index >= 15 is 0 Å². The summed E-state index contributed by atoms with van der Waals surface area (Å²) in [5, 5.41) is 11.7. The zero-order chi connectivity index (χ0) is 20.8. The van der Waals surface area contributed by atoms with Crippen LogP contribution in [-0.4, -0.2) is 41.1 Å². The van der Waals surface area contributed by atoms with Crippen molar-refractivity contribution in [3.05, 3.63) is 57.9 Å². The van der Waals surface area contributed by atoms with Crippen molar-refractivity contribution in [2.24, 2.45) is 5.73 Å². The van der Waals surface area contributed by atoms with Crippen LogP contribution in [0.15, 0.2) is 36.7 Å². The number of nitro benzene ring substituents is 1. The van der Waals surface area contributed by atoms with Gasteiger partial charge in [0, 0.05) is 43.1 Å². The van der Waals surface area contributed by atoms with E-state index in [1.807, 2.05) is 12.1 Å². The first-order valence-electron chi connectivity index (χ1n) is 9.79. The monoisotopic (exact) mass is 400 g/mol. The molecule has 8 heteroatoms. The van der Waals surface area contributed by atoms with E-state index in [-0.39, 0.29) is 16.7 Å². The standard InChI is InChI=1S/C21H28N4O4/c1-28-20-11-16(19(25(26)27)12-21(20)29-2)14-24(13-15-7-9-23-10-8-15)18-5-3-17(22)4-6-18/h7-12,17-18H,3-6,13-14,22H2,1-2H3. The van der Waals surface area contributed by atoms with Gasteiger partial charge in [-0.15, -0.1) is 0 Å². The number of methoxy groups -OCH3 is 2. The molecule has 2 aromatic rings. The molecule has 1 aliphatic rings. The third kappa shape index (κ3) is 5.21. The predicted molar refractivity (Wildman–Crippen MR) is 110 cm³/mol. The van der Waals surface area contributed by atoms with Gasteiger partial charge in [-0.3, -0.25) is 20.0 Å². The Morgan fingerprint density at radius 3 is 2.31 bits per heavy atom. The lowest BCUT2D eigenvalue weighted by Gasteiger charge is -2.36. The second-order valence-electron chi connectivity index (χ2n) is 7.42. The van der Waals surface area contributed by atoms with Crippen LogP contribution in [0, 0.1) is 10.1 Å². The summed E-state index contributed by atoms with van der Waals surface area (Å²) in [7, 11) is 3.01. The van der Waals surface area contributed by atoms with E-state index in [1.54, 1.807) is 18.5 Å². The number of rotatable bonds is 8. The minimum absolute atomic E-state index is 0.0369. The Labute approximate surface area is 170 Å². The maximum atomic E-state index is 11.7. The van der Waals surface area contributed by atoms with E-state index in [0.717, 1.165) is 31.2 Å². The third-order valence-corrected chi connectivity index (χ3v) is 5.55. The van der Waals surface area contributed by atoms with Crippen molar-refractivity contribution in [3.8, 4) is 11.5 Å². The Morgan fingerprint density at radius 1 is 1.10 bits per heavy atom. The van der Waals surface area contributed by atoms with E-state index in [4.69, 9.17) is 15.2 Å². The SMILES string of the molecule is COc1cc(CN(Cc2ccncc2)C2CCC(N)CC2)c([N+](=O)[O-])cc1OC. The van der Waals surface area contributed by atoms with Crippen molar-refractivity contribution in [2.75, 3.05) is 14.2 Å². The minimum Gasteiger partial charge on any atom is -0.493 e. The molecule has 2 N–H and O–H groups in total. The molecule has 0 saturated heterocycles. The molecule has 0 spiro atoms. The second kappa shape index (κ2) is 9.67. The Bertz CT molecular complexity index is 823. The Morgan fingerprint density at radius 2 is 1.72 bits per heavy atom. The fraction of sp³-hybridized carbons (Fsp3) is 0.476. The molecule has 0 bridgehead atoms. The number of nitro groups is 1. The summed E-state index contributed by atoms with van der Waals surface area (Å²) >= 11 is 0. The summed E-state index contributed by atoms with van der Waals surface area (Å²) in [6.07, 6.45) is 7.42. The zero-order valence-corrected chi connectivity index (χ0v) is 16.9. The summed E-state index contributed by atoms with van der Waals surface area (Å²) in [6.45, 7) is 1.13. The quantitative estimate of drug-likeness (QED) is 0.536. The molecule has 3 rings (SSSR count). The summed E-state index contributed by atoms with van der Waals surface area (Å²) in [6, 6.07) is 7.66. The molecule has 1 fully saturated rings. The topological polar surface area (TPSA) is 104 Å². The van der Waals surface area contributed by atoms with Crippen LogP contribution in [0.2, 0.25) is 0 Å².